The molecule has 184 valence electrons. The Kier molecular flexibility index (Phi) is 7.97. The molecule has 8 heteroatoms. The molecule has 4 saturated heterocycles. The number of amides is 2. The monoisotopic (exact) mass is 452 g/mol. The lowest BCUT2D eigenvalue weighted by Crippen LogP contribution is -2.48. The van der Waals surface area contributed by atoms with Crippen molar-refractivity contribution in [1.82, 2.24) is 20.4 Å². The second-order valence-corrected chi connectivity index (χ2v) is 11.6. The Labute approximate surface area is 193 Å². The first-order chi connectivity index (χ1) is 14.9. The van der Waals surface area contributed by atoms with Gasteiger partial charge in [-0.25, -0.2) is 9.59 Å². The van der Waals surface area contributed by atoms with Crippen molar-refractivity contribution in [2.24, 2.45) is 11.8 Å². The van der Waals surface area contributed by atoms with Gasteiger partial charge in [0.1, 0.15) is 11.2 Å². The zero-order chi connectivity index (χ0) is 23.5. The third-order valence-electron chi connectivity index (χ3n) is 6.61. The fourth-order valence-corrected chi connectivity index (χ4v) is 5.08. The summed E-state index contributed by atoms with van der Waals surface area (Å²) in [5.74, 6) is 1.25. The summed E-state index contributed by atoms with van der Waals surface area (Å²) in [4.78, 5) is 27.5. The molecule has 0 spiro atoms. The second-order valence-electron chi connectivity index (χ2n) is 11.6. The van der Waals surface area contributed by atoms with Gasteiger partial charge in [-0.2, -0.15) is 0 Å². The van der Waals surface area contributed by atoms with Gasteiger partial charge in [0.15, 0.2) is 0 Å². The van der Waals surface area contributed by atoms with Crippen LogP contribution in [0.3, 0.4) is 0 Å². The summed E-state index contributed by atoms with van der Waals surface area (Å²) >= 11 is 0. The Morgan fingerprint density at radius 3 is 1.41 bits per heavy atom. The first-order valence-electron chi connectivity index (χ1n) is 12.3. The van der Waals surface area contributed by atoms with E-state index in [1.165, 1.54) is 12.8 Å². The van der Waals surface area contributed by atoms with Gasteiger partial charge < -0.3 is 29.9 Å². The predicted octanol–water partition coefficient (Wildman–Crippen LogP) is 3.21. The largest absolute Gasteiger partial charge is 0.444 e. The normalized spacial score (nSPS) is 30.1. The van der Waals surface area contributed by atoms with Crippen molar-refractivity contribution in [1.29, 1.82) is 0 Å². The average molecular weight is 453 g/mol. The molecule has 4 heterocycles. The van der Waals surface area contributed by atoms with Crippen LogP contribution in [0.2, 0.25) is 0 Å². The number of fused-ring (bicyclic) bond motifs is 2. The van der Waals surface area contributed by atoms with Gasteiger partial charge in [-0.3, -0.25) is 0 Å². The molecular weight excluding hydrogens is 408 g/mol. The van der Waals surface area contributed by atoms with Crippen molar-refractivity contribution in [3.63, 3.8) is 0 Å². The van der Waals surface area contributed by atoms with Gasteiger partial charge >= 0.3 is 12.2 Å². The Hall–Kier alpha value is -1.54. The summed E-state index contributed by atoms with van der Waals surface area (Å²) < 4.78 is 10.8. The minimum absolute atomic E-state index is 0.155. The highest BCUT2D eigenvalue weighted by molar-refractivity contribution is 5.68. The molecule has 0 aromatic carbocycles. The molecule has 0 aromatic heterocycles. The van der Waals surface area contributed by atoms with E-state index < -0.39 is 0 Å². The number of hydrogen-bond acceptors (Lipinski definition) is 6. The molecule has 4 fully saturated rings. The molecule has 0 aromatic rings. The number of rotatable bonds is 0. The summed E-state index contributed by atoms with van der Waals surface area (Å²) in [5.41, 5.74) is -0.774. The van der Waals surface area contributed by atoms with Gasteiger partial charge in [0.25, 0.3) is 0 Å². The highest BCUT2D eigenvalue weighted by Gasteiger charge is 2.36. The van der Waals surface area contributed by atoms with E-state index in [2.05, 4.69) is 10.6 Å². The number of nitrogens with zero attached hydrogens (tertiary/aromatic N) is 2. The number of likely N-dealkylation sites (tertiary alicyclic amines) is 2. The lowest BCUT2D eigenvalue weighted by molar-refractivity contribution is 0.0147. The number of piperidine rings is 2. The molecule has 2 amide bonds. The highest BCUT2D eigenvalue weighted by Crippen LogP contribution is 2.26. The molecule has 4 aliphatic rings. The smallest absolute Gasteiger partial charge is 0.410 e. The van der Waals surface area contributed by atoms with Crippen LogP contribution < -0.4 is 10.6 Å². The van der Waals surface area contributed by atoms with Crippen molar-refractivity contribution >= 4 is 12.2 Å². The Morgan fingerprint density at radius 1 is 0.688 bits per heavy atom. The van der Waals surface area contributed by atoms with Crippen LogP contribution in [0, 0.1) is 11.8 Å². The molecular formula is C24H44N4O4. The van der Waals surface area contributed by atoms with Crippen molar-refractivity contribution in [2.75, 3.05) is 39.3 Å². The van der Waals surface area contributed by atoms with Crippen LogP contribution in [0.1, 0.15) is 67.2 Å². The van der Waals surface area contributed by atoms with Crippen molar-refractivity contribution in [3.8, 4) is 0 Å². The second kappa shape index (κ2) is 10.2. The van der Waals surface area contributed by atoms with E-state index in [1.54, 1.807) is 0 Å². The zero-order valence-electron chi connectivity index (χ0n) is 20.9. The summed E-state index contributed by atoms with van der Waals surface area (Å²) in [6.07, 6.45) is 4.18. The molecule has 0 saturated carbocycles. The van der Waals surface area contributed by atoms with Crippen LogP contribution in [0.15, 0.2) is 0 Å². The maximum Gasteiger partial charge on any atom is 0.410 e. The molecule has 2 N–H and O–H groups in total. The maximum absolute atomic E-state index is 11.9. The Bertz CT molecular complexity index is 601. The van der Waals surface area contributed by atoms with Gasteiger partial charge in [-0.15, -0.1) is 0 Å². The summed E-state index contributed by atoms with van der Waals surface area (Å²) in [5, 5.41) is 6.97. The van der Waals surface area contributed by atoms with Gasteiger partial charge in [-0.05, 0) is 92.2 Å². The number of carbonyl (C=O) groups is 2. The SMILES string of the molecule is CC(C)(C)OC(=O)N1CC[C@@H]2NCC[C@@H]2C1.CC(C)(C)OC(=O)N1CC[C@H]2NCC[C@H]2C1. The van der Waals surface area contributed by atoms with E-state index in [4.69, 9.17) is 9.47 Å². The van der Waals surface area contributed by atoms with Gasteiger partial charge in [-0.1, -0.05) is 0 Å². The highest BCUT2D eigenvalue weighted by atomic mass is 16.6. The van der Waals surface area contributed by atoms with Crippen LogP contribution in [0.5, 0.6) is 0 Å². The van der Waals surface area contributed by atoms with Crippen molar-refractivity contribution in [3.05, 3.63) is 0 Å². The van der Waals surface area contributed by atoms with Crippen LogP contribution >= 0.6 is 0 Å². The fourth-order valence-electron chi connectivity index (χ4n) is 5.08. The van der Waals surface area contributed by atoms with Crippen LogP contribution in [0.4, 0.5) is 9.59 Å². The molecule has 0 radical (unpaired) electrons. The summed E-state index contributed by atoms with van der Waals surface area (Å²) in [7, 11) is 0. The summed E-state index contributed by atoms with van der Waals surface area (Å²) in [6.45, 7) is 17.0. The van der Waals surface area contributed by atoms with E-state index in [0.717, 1.165) is 52.1 Å². The minimum Gasteiger partial charge on any atom is -0.444 e. The number of hydrogen-bond donors (Lipinski definition) is 2. The fraction of sp³-hybridized carbons (Fsp3) is 0.917. The van der Waals surface area contributed by atoms with Crippen LogP contribution in [0.25, 0.3) is 0 Å². The van der Waals surface area contributed by atoms with E-state index in [9.17, 15) is 9.59 Å². The molecule has 0 aliphatic carbocycles. The lowest BCUT2D eigenvalue weighted by Gasteiger charge is -2.35. The first kappa shape index (κ1) is 25.1. The van der Waals surface area contributed by atoms with E-state index in [1.807, 2.05) is 51.3 Å². The molecule has 4 aliphatic heterocycles. The lowest BCUT2D eigenvalue weighted by atomic mass is 9.94. The number of ether oxygens (including phenoxy) is 2. The third kappa shape index (κ3) is 7.24. The van der Waals surface area contributed by atoms with E-state index in [0.29, 0.717) is 23.9 Å². The van der Waals surface area contributed by atoms with Gasteiger partial charge in [0, 0.05) is 38.3 Å². The molecule has 32 heavy (non-hydrogen) atoms. The van der Waals surface area contributed by atoms with Crippen molar-refractivity contribution in [2.45, 2.75) is 90.5 Å². The van der Waals surface area contributed by atoms with Crippen LogP contribution in [-0.2, 0) is 9.47 Å². The zero-order valence-corrected chi connectivity index (χ0v) is 20.9. The Balaban J connectivity index is 0.000000181. The predicted molar refractivity (Wildman–Crippen MR) is 125 cm³/mol. The molecule has 8 nitrogen and oxygen atoms in total. The maximum atomic E-state index is 11.9. The van der Waals surface area contributed by atoms with Gasteiger partial charge in [0.2, 0.25) is 0 Å². The molecule has 0 unspecified atom stereocenters. The minimum atomic E-state index is -0.387. The molecule has 0 bridgehead atoms. The molecule has 4 atom stereocenters. The molecule has 4 rings (SSSR count). The number of nitrogens with one attached hydrogen (secondary N) is 2. The van der Waals surface area contributed by atoms with Crippen LogP contribution in [-0.4, -0.2) is 84.5 Å². The average Bonchev–Trinajstić information content (AvgIpc) is 3.33. The van der Waals surface area contributed by atoms with E-state index in [-0.39, 0.29) is 23.4 Å². The van der Waals surface area contributed by atoms with Gasteiger partial charge in [0.05, 0.1) is 0 Å². The quantitative estimate of drug-likeness (QED) is 0.587. The third-order valence-corrected chi connectivity index (χ3v) is 6.61. The first-order valence-corrected chi connectivity index (χ1v) is 12.3. The topological polar surface area (TPSA) is 83.1 Å². The summed E-state index contributed by atoms with van der Waals surface area (Å²) in [6, 6.07) is 1.25. The Morgan fingerprint density at radius 2 is 1.06 bits per heavy atom. The standard InChI is InChI=1S/2C12H22N2O2/c2*1-12(2,3)16-11(15)14-7-5-10-9(8-14)4-6-13-10/h2*9-10,13H,4-8H2,1-3H3/t2*9-,10+/m10/s1. The van der Waals surface area contributed by atoms with E-state index >= 15 is 0 Å². The van der Waals surface area contributed by atoms with Crippen molar-refractivity contribution < 1.29 is 19.1 Å². The number of carbonyl (C=O) groups excluding carboxylic acids is 2.